The Hall–Kier alpha value is -0.610. The van der Waals surface area contributed by atoms with Crippen molar-refractivity contribution in [3.63, 3.8) is 0 Å². The second kappa shape index (κ2) is 7.10. The van der Waals surface area contributed by atoms with Crippen molar-refractivity contribution < 1.29 is 14.6 Å². The van der Waals surface area contributed by atoms with Crippen molar-refractivity contribution in [3.8, 4) is 0 Å². The molecule has 1 saturated heterocycles. The highest BCUT2D eigenvalue weighted by Crippen LogP contribution is 2.21. The third-order valence-corrected chi connectivity index (χ3v) is 3.55. The summed E-state index contributed by atoms with van der Waals surface area (Å²) < 4.78 is 5.51. The molecule has 106 valence electrons. The van der Waals surface area contributed by atoms with E-state index in [9.17, 15) is 9.90 Å². The summed E-state index contributed by atoms with van der Waals surface area (Å²) in [5.41, 5.74) is -0.761. The fourth-order valence-corrected chi connectivity index (χ4v) is 2.59. The fraction of sp³-hybridized carbons (Fsp3) is 0.929. The van der Waals surface area contributed by atoms with Crippen molar-refractivity contribution in [2.75, 3.05) is 6.54 Å². The number of nitrogens with one attached hydrogen (secondary N) is 1. The van der Waals surface area contributed by atoms with Crippen molar-refractivity contribution in [3.05, 3.63) is 0 Å². The third kappa shape index (κ3) is 4.58. The molecule has 1 heterocycles. The van der Waals surface area contributed by atoms with Gasteiger partial charge in [0.25, 0.3) is 0 Å². The minimum Gasteiger partial charge on any atom is -0.388 e. The lowest BCUT2D eigenvalue weighted by molar-refractivity contribution is -0.133. The topological polar surface area (TPSA) is 58.6 Å². The highest BCUT2D eigenvalue weighted by Gasteiger charge is 2.31. The zero-order valence-electron chi connectivity index (χ0n) is 11.9. The SMILES string of the molecule is CCCC(O)(CCC)CNC(=O)C1CCC(C)O1. The van der Waals surface area contributed by atoms with E-state index in [-0.39, 0.29) is 18.1 Å². The summed E-state index contributed by atoms with van der Waals surface area (Å²) in [4.78, 5) is 11.9. The highest BCUT2D eigenvalue weighted by molar-refractivity contribution is 5.81. The van der Waals surface area contributed by atoms with Gasteiger partial charge in [-0.15, -0.1) is 0 Å². The number of hydrogen-bond acceptors (Lipinski definition) is 3. The summed E-state index contributed by atoms with van der Waals surface area (Å²) >= 11 is 0. The quantitative estimate of drug-likeness (QED) is 0.733. The summed E-state index contributed by atoms with van der Waals surface area (Å²) in [6, 6.07) is 0. The summed E-state index contributed by atoms with van der Waals surface area (Å²) in [7, 11) is 0. The number of aliphatic hydroxyl groups is 1. The molecule has 4 heteroatoms. The lowest BCUT2D eigenvalue weighted by atomic mass is 9.92. The molecule has 2 atom stereocenters. The molecule has 1 fully saturated rings. The van der Waals surface area contributed by atoms with Crippen LogP contribution in [0.15, 0.2) is 0 Å². The molecule has 0 aromatic carbocycles. The molecular formula is C14H27NO3. The van der Waals surface area contributed by atoms with Gasteiger partial charge in [-0.25, -0.2) is 0 Å². The Morgan fingerprint density at radius 3 is 2.39 bits per heavy atom. The Balaban J connectivity index is 2.39. The highest BCUT2D eigenvalue weighted by atomic mass is 16.5. The van der Waals surface area contributed by atoms with Gasteiger partial charge in [0, 0.05) is 6.54 Å². The number of hydrogen-bond donors (Lipinski definition) is 2. The zero-order valence-corrected chi connectivity index (χ0v) is 11.9. The minimum absolute atomic E-state index is 0.0787. The van der Waals surface area contributed by atoms with Crippen LogP contribution in [0.1, 0.15) is 59.3 Å². The van der Waals surface area contributed by atoms with Crippen molar-refractivity contribution in [2.24, 2.45) is 0 Å². The first kappa shape index (κ1) is 15.4. The zero-order chi connectivity index (χ0) is 13.6. The van der Waals surface area contributed by atoms with Gasteiger partial charge in [-0.1, -0.05) is 26.7 Å². The molecular weight excluding hydrogens is 230 g/mol. The average molecular weight is 257 g/mol. The third-order valence-electron chi connectivity index (χ3n) is 3.55. The van der Waals surface area contributed by atoms with E-state index < -0.39 is 5.60 Å². The van der Waals surface area contributed by atoms with E-state index in [1.165, 1.54) is 0 Å². The first-order chi connectivity index (χ1) is 8.50. The second-order valence-electron chi connectivity index (χ2n) is 5.45. The van der Waals surface area contributed by atoms with Crippen LogP contribution in [0.3, 0.4) is 0 Å². The van der Waals surface area contributed by atoms with Gasteiger partial charge in [-0.3, -0.25) is 4.79 Å². The molecule has 18 heavy (non-hydrogen) atoms. The van der Waals surface area contributed by atoms with Crippen LogP contribution in [0.4, 0.5) is 0 Å². The van der Waals surface area contributed by atoms with E-state index in [2.05, 4.69) is 5.32 Å². The van der Waals surface area contributed by atoms with Crippen LogP contribution >= 0.6 is 0 Å². The largest absolute Gasteiger partial charge is 0.388 e. The number of amides is 1. The smallest absolute Gasteiger partial charge is 0.249 e. The molecule has 1 amide bonds. The Bertz CT molecular complexity index is 262. The van der Waals surface area contributed by atoms with E-state index in [1.807, 2.05) is 20.8 Å². The molecule has 1 aliphatic rings. The van der Waals surface area contributed by atoms with Gasteiger partial charge in [0.2, 0.25) is 5.91 Å². The molecule has 0 aliphatic carbocycles. The Kier molecular flexibility index (Phi) is 6.09. The van der Waals surface area contributed by atoms with Gasteiger partial charge in [0.1, 0.15) is 6.10 Å². The van der Waals surface area contributed by atoms with Crippen LogP contribution in [-0.4, -0.2) is 35.4 Å². The molecule has 1 aliphatic heterocycles. The van der Waals surface area contributed by atoms with Gasteiger partial charge >= 0.3 is 0 Å². The molecule has 0 aromatic heterocycles. The fourth-order valence-electron chi connectivity index (χ4n) is 2.59. The van der Waals surface area contributed by atoms with Crippen LogP contribution in [0.5, 0.6) is 0 Å². The van der Waals surface area contributed by atoms with Gasteiger partial charge in [-0.2, -0.15) is 0 Å². The molecule has 2 N–H and O–H groups in total. The maximum Gasteiger partial charge on any atom is 0.249 e. The average Bonchev–Trinajstić information content (AvgIpc) is 2.74. The van der Waals surface area contributed by atoms with Gasteiger partial charge in [0.05, 0.1) is 11.7 Å². The Morgan fingerprint density at radius 2 is 1.94 bits per heavy atom. The first-order valence-corrected chi connectivity index (χ1v) is 7.16. The Labute approximate surface area is 110 Å². The standard InChI is InChI=1S/C14H27NO3/c1-4-8-14(17,9-5-2)10-15-13(16)12-7-6-11(3)18-12/h11-12,17H,4-10H2,1-3H3,(H,15,16). The number of ether oxygens (including phenoxy) is 1. The first-order valence-electron chi connectivity index (χ1n) is 7.16. The van der Waals surface area contributed by atoms with Crippen molar-refractivity contribution in [1.29, 1.82) is 0 Å². The molecule has 4 nitrogen and oxygen atoms in total. The molecule has 0 radical (unpaired) electrons. The number of rotatable bonds is 7. The summed E-state index contributed by atoms with van der Waals surface area (Å²) in [5, 5.41) is 13.2. The maximum atomic E-state index is 11.9. The molecule has 0 aromatic rings. The predicted molar refractivity (Wildman–Crippen MR) is 71.3 cm³/mol. The maximum absolute atomic E-state index is 11.9. The normalized spacial score (nSPS) is 24.2. The molecule has 0 spiro atoms. The lowest BCUT2D eigenvalue weighted by Crippen LogP contribution is -2.46. The van der Waals surface area contributed by atoms with Crippen LogP contribution < -0.4 is 5.32 Å². The van der Waals surface area contributed by atoms with Crippen LogP contribution in [0, 0.1) is 0 Å². The van der Waals surface area contributed by atoms with Crippen molar-refractivity contribution >= 4 is 5.91 Å². The molecule has 0 bridgehead atoms. The minimum atomic E-state index is -0.761. The number of carbonyl (C=O) groups is 1. The monoisotopic (exact) mass is 257 g/mol. The second-order valence-corrected chi connectivity index (χ2v) is 5.45. The summed E-state index contributed by atoms with van der Waals surface area (Å²) in [5.74, 6) is -0.0787. The van der Waals surface area contributed by atoms with Gasteiger partial charge < -0.3 is 15.2 Å². The van der Waals surface area contributed by atoms with E-state index in [0.29, 0.717) is 6.54 Å². The molecule has 0 saturated carbocycles. The number of carbonyl (C=O) groups excluding carboxylic acids is 1. The van der Waals surface area contributed by atoms with Crippen LogP contribution in [-0.2, 0) is 9.53 Å². The van der Waals surface area contributed by atoms with E-state index in [1.54, 1.807) is 0 Å². The van der Waals surface area contributed by atoms with Crippen molar-refractivity contribution in [1.82, 2.24) is 5.32 Å². The molecule has 1 rings (SSSR count). The summed E-state index contributed by atoms with van der Waals surface area (Å²) in [6.07, 6.45) is 4.86. The Morgan fingerprint density at radius 1 is 1.33 bits per heavy atom. The molecule has 2 unspecified atom stereocenters. The van der Waals surface area contributed by atoms with Crippen molar-refractivity contribution in [2.45, 2.75) is 77.1 Å². The van der Waals surface area contributed by atoms with E-state index in [4.69, 9.17) is 4.74 Å². The van der Waals surface area contributed by atoms with Gasteiger partial charge in [-0.05, 0) is 32.6 Å². The summed E-state index contributed by atoms with van der Waals surface area (Å²) in [6.45, 7) is 6.41. The predicted octanol–water partition coefficient (Wildman–Crippen LogP) is 2.00. The van der Waals surface area contributed by atoms with E-state index >= 15 is 0 Å². The van der Waals surface area contributed by atoms with Gasteiger partial charge in [0.15, 0.2) is 0 Å². The van der Waals surface area contributed by atoms with E-state index in [0.717, 1.165) is 38.5 Å². The lowest BCUT2D eigenvalue weighted by Gasteiger charge is -2.28. The van der Waals surface area contributed by atoms with Crippen LogP contribution in [0.25, 0.3) is 0 Å². The van der Waals surface area contributed by atoms with Crippen LogP contribution in [0.2, 0.25) is 0 Å².